The lowest BCUT2D eigenvalue weighted by atomic mass is 9.76. The molecule has 3 atom stereocenters. The zero-order valence-corrected chi connectivity index (χ0v) is 25.7. The van der Waals surface area contributed by atoms with E-state index in [1.54, 1.807) is 0 Å². The van der Waals surface area contributed by atoms with E-state index in [1.807, 2.05) is 13.0 Å². The first-order valence-corrected chi connectivity index (χ1v) is 15.9. The fraction of sp³-hybridized carbons (Fsp3) is 0.600. The van der Waals surface area contributed by atoms with E-state index in [-0.39, 0.29) is 23.0 Å². The number of benzene rings is 2. The molecule has 0 spiro atoms. The first-order valence-electron chi connectivity index (χ1n) is 15.9. The molecule has 3 unspecified atom stereocenters. The van der Waals surface area contributed by atoms with E-state index in [4.69, 9.17) is 9.57 Å². The van der Waals surface area contributed by atoms with E-state index in [1.165, 1.54) is 18.2 Å². The van der Waals surface area contributed by atoms with Crippen molar-refractivity contribution in [3.8, 4) is 16.9 Å². The molecule has 2 aromatic rings. The van der Waals surface area contributed by atoms with Gasteiger partial charge in [-0.15, -0.1) is 0 Å². The van der Waals surface area contributed by atoms with Gasteiger partial charge in [0, 0.05) is 42.8 Å². The number of hydrogen-bond acceptors (Lipinski definition) is 5. The van der Waals surface area contributed by atoms with Crippen LogP contribution in [0.5, 0.6) is 5.75 Å². The summed E-state index contributed by atoms with van der Waals surface area (Å²) < 4.78 is 35.8. The summed E-state index contributed by atoms with van der Waals surface area (Å²) in [6.45, 7) is 7.92. The van der Waals surface area contributed by atoms with Gasteiger partial charge in [0.05, 0.1) is 17.9 Å². The van der Waals surface area contributed by atoms with Gasteiger partial charge in [-0.1, -0.05) is 37.6 Å². The zero-order valence-electron chi connectivity index (χ0n) is 25.7. The van der Waals surface area contributed by atoms with E-state index >= 15 is 0 Å². The molecular weight excluding hydrogens is 534 g/mol. The molecule has 2 fully saturated rings. The Balaban J connectivity index is 1.24. The molecule has 0 amide bonds. The Morgan fingerprint density at radius 1 is 1.07 bits per heavy atom. The van der Waals surface area contributed by atoms with Gasteiger partial charge in [-0.25, -0.2) is 8.78 Å². The number of ether oxygens (including phenoxy) is 1. The van der Waals surface area contributed by atoms with Crippen LogP contribution in [0.4, 0.5) is 8.78 Å². The monoisotopic (exact) mass is 580 g/mol. The van der Waals surface area contributed by atoms with Crippen LogP contribution >= 0.6 is 0 Å². The molecule has 42 heavy (non-hydrogen) atoms. The summed E-state index contributed by atoms with van der Waals surface area (Å²) >= 11 is 0. The predicted molar refractivity (Wildman–Crippen MR) is 163 cm³/mol. The van der Waals surface area contributed by atoms with Crippen LogP contribution in [0.3, 0.4) is 0 Å². The summed E-state index contributed by atoms with van der Waals surface area (Å²) in [6, 6.07) is 8.06. The second kappa shape index (κ2) is 13.2. The molecule has 2 aliphatic carbocycles. The van der Waals surface area contributed by atoms with E-state index in [0.29, 0.717) is 42.6 Å². The summed E-state index contributed by atoms with van der Waals surface area (Å²) in [6.07, 6.45) is 9.43. The maximum atomic E-state index is 14.9. The minimum Gasteiger partial charge on any atom is -0.493 e. The van der Waals surface area contributed by atoms with E-state index in [0.717, 1.165) is 81.2 Å². The van der Waals surface area contributed by atoms with Crippen molar-refractivity contribution in [2.75, 3.05) is 20.2 Å². The van der Waals surface area contributed by atoms with Gasteiger partial charge in [0.2, 0.25) is 0 Å². The van der Waals surface area contributed by atoms with Gasteiger partial charge in [-0.3, -0.25) is 9.69 Å². The molecule has 1 aliphatic heterocycles. The van der Waals surface area contributed by atoms with Gasteiger partial charge >= 0.3 is 0 Å². The molecule has 0 saturated heterocycles. The highest BCUT2D eigenvalue weighted by Crippen LogP contribution is 2.49. The van der Waals surface area contributed by atoms with Crippen LogP contribution in [0.1, 0.15) is 102 Å². The van der Waals surface area contributed by atoms with E-state index in [2.05, 4.69) is 37.0 Å². The minimum absolute atomic E-state index is 0.000320. The number of rotatable bonds is 12. The van der Waals surface area contributed by atoms with Gasteiger partial charge in [0.1, 0.15) is 29.3 Å². The summed E-state index contributed by atoms with van der Waals surface area (Å²) in [7, 11) is 2.07. The maximum absolute atomic E-state index is 14.9. The van der Waals surface area contributed by atoms with Crippen molar-refractivity contribution in [1.29, 1.82) is 0 Å². The van der Waals surface area contributed by atoms with E-state index < -0.39 is 11.6 Å². The molecule has 1 heterocycles. The van der Waals surface area contributed by atoms with Crippen LogP contribution in [0.2, 0.25) is 0 Å². The predicted octanol–water partition coefficient (Wildman–Crippen LogP) is 8.44. The molecule has 3 aliphatic rings. The average Bonchev–Trinajstić information content (AvgIpc) is 3.73. The van der Waals surface area contributed by atoms with Crippen molar-refractivity contribution in [2.24, 2.45) is 16.5 Å². The third-order valence-electron chi connectivity index (χ3n) is 9.39. The van der Waals surface area contributed by atoms with Crippen LogP contribution in [-0.4, -0.2) is 42.7 Å². The molecule has 5 nitrogen and oxygen atoms in total. The Bertz CT molecular complexity index is 1290. The number of nitrogens with zero attached hydrogens (tertiary/aromatic N) is 2. The lowest BCUT2D eigenvalue weighted by molar-refractivity contribution is -0.128. The average molecular weight is 581 g/mol. The number of carbonyl (C=O) groups is 1. The van der Waals surface area contributed by atoms with Gasteiger partial charge < -0.3 is 9.57 Å². The van der Waals surface area contributed by atoms with Gasteiger partial charge in [0.15, 0.2) is 0 Å². The van der Waals surface area contributed by atoms with Crippen LogP contribution in [-0.2, 0) is 16.2 Å². The molecule has 0 aromatic heterocycles. The van der Waals surface area contributed by atoms with Gasteiger partial charge in [-0.05, 0) is 94.2 Å². The summed E-state index contributed by atoms with van der Waals surface area (Å²) in [5.74, 6) is 0.494. The molecule has 0 radical (unpaired) electrons. The number of Topliss-reactive ketones (excluding diaryl/α,β-unsaturated/α-hetero) is 1. The van der Waals surface area contributed by atoms with Crippen molar-refractivity contribution in [1.82, 2.24) is 4.90 Å². The number of ketones is 1. The number of hydrogen-bond donors (Lipinski definition) is 0. The lowest BCUT2D eigenvalue weighted by Gasteiger charge is -2.26. The highest BCUT2D eigenvalue weighted by molar-refractivity contribution is 5.88. The topological polar surface area (TPSA) is 51.1 Å². The third-order valence-corrected chi connectivity index (χ3v) is 9.39. The van der Waals surface area contributed by atoms with Gasteiger partial charge in [0.25, 0.3) is 0 Å². The largest absolute Gasteiger partial charge is 0.493 e. The first-order chi connectivity index (χ1) is 20.2. The summed E-state index contributed by atoms with van der Waals surface area (Å²) in [5.41, 5.74) is 3.52. The fourth-order valence-electron chi connectivity index (χ4n) is 6.93. The molecular formula is C35H46F2N2O3. The Morgan fingerprint density at radius 2 is 1.83 bits per heavy atom. The summed E-state index contributed by atoms with van der Waals surface area (Å²) in [5, 5.41) is 4.53. The van der Waals surface area contributed by atoms with Crippen molar-refractivity contribution in [3.05, 3.63) is 53.1 Å². The molecule has 5 rings (SSSR count). The van der Waals surface area contributed by atoms with Crippen LogP contribution in [0, 0.1) is 23.0 Å². The highest BCUT2D eigenvalue weighted by atomic mass is 19.1. The van der Waals surface area contributed by atoms with Crippen molar-refractivity contribution in [2.45, 2.75) is 104 Å². The Labute approximate surface area is 249 Å². The van der Waals surface area contributed by atoms with Crippen molar-refractivity contribution < 1.29 is 23.1 Å². The van der Waals surface area contributed by atoms with E-state index in [9.17, 15) is 13.6 Å². The molecule has 2 saturated carbocycles. The fourth-order valence-corrected chi connectivity index (χ4v) is 6.93. The maximum Gasteiger partial charge on any atom is 0.145 e. The number of oxime groups is 1. The molecule has 7 heteroatoms. The van der Waals surface area contributed by atoms with Gasteiger partial charge in [-0.2, -0.15) is 0 Å². The normalized spacial score (nSPS) is 24.3. The third kappa shape index (κ3) is 6.88. The first kappa shape index (κ1) is 30.7. The number of halogens is 2. The Hall–Kier alpha value is -2.80. The van der Waals surface area contributed by atoms with Crippen molar-refractivity contribution >= 4 is 11.5 Å². The molecule has 0 N–H and O–H groups in total. The zero-order chi connectivity index (χ0) is 29.9. The Morgan fingerprint density at radius 3 is 2.52 bits per heavy atom. The molecule has 228 valence electrons. The molecule has 2 aromatic carbocycles. The number of carbonyl (C=O) groups excluding carboxylic acids is 1. The summed E-state index contributed by atoms with van der Waals surface area (Å²) in [4.78, 5) is 20.9. The van der Waals surface area contributed by atoms with Crippen molar-refractivity contribution in [3.63, 3.8) is 0 Å². The van der Waals surface area contributed by atoms with Crippen LogP contribution in [0.15, 0.2) is 35.5 Å². The van der Waals surface area contributed by atoms with Crippen LogP contribution in [0.25, 0.3) is 11.1 Å². The smallest absolute Gasteiger partial charge is 0.145 e. The lowest BCUT2D eigenvalue weighted by Crippen LogP contribution is -2.30. The standard InChI is InChI=1S/C35H46F2N2O3/c1-5-9-32(40)35(3)16-8-10-25(15-17-35)30-20-26(42-38-30)22-39(4)21-23-18-27(24-13-14-24)33(31(19-23)41-6-2)34-28(36)11-7-12-29(34)37/h7,11-12,18-19,24-26H,5-6,8-10,13-17,20-22H2,1-4H3. The number of likely N-dealkylation sites (N-methyl/N-ethyl adjacent to an activating group) is 1. The quantitative estimate of drug-likeness (QED) is 0.237. The second-order valence-corrected chi connectivity index (χ2v) is 12.9. The second-order valence-electron chi connectivity index (χ2n) is 12.9. The Kier molecular flexibility index (Phi) is 9.66. The molecule has 0 bridgehead atoms. The van der Waals surface area contributed by atoms with Crippen LogP contribution < -0.4 is 4.74 Å². The SMILES string of the molecule is CCCC(=O)C1(C)CCCC(C2=NOC(CN(C)Cc3cc(OCC)c(-c4c(F)cccc4F)c(C4CC4)c3)C2)CC1. The highest BCUT2D eigenvalue weighted by Gasteiger charge is 2.37. The minimum atomic E-state index is -0.567.